The summed E-state index contributed by atoms with van der Waals surface area (Å²) in [5, 5.41) is 1.32. The van der Waals surface area contributed by atoms with Gasteiger partial charge >= 0.3 is 0 Å². The highest BCUT2D eigenvalue weighted by Gasteiger charge is 2.52. The fraction of sp³-hybridized carbons (Fsp3) is 0.0909. The Morgan fingerprint density at radius 3 is 1.69 bits per heavy atom. The van der Waals surface area contributed by atoms with Crippen LogP contribution in [0.3, 0.4) is 0 Å². The molecule has 1 aromatic heterocycles. The fourth-order valence-electron chi connectivity index (χ4n) is 11.2. The summed E-state index contributed by atoms with van der Waals surface area (Å²) in [6, 6.07) is 62.8. The minimum absolute atomic E-state index is 0.0827. The lowest BCUT2D eigenvalue weighted by Crippen LogP contribution is -2.60. The van der Waals surface area contributed by atoms with Gasteiger partial charge in [-0.25, -0.2) is 0 Å². The molecule has 0 atom stereocenters. The molecule has 0 amide bonds. The van der Waals surface area contributed by atoms with Crippen molar-refractivity contribution in [3.05, 3.63) is 208 Å². The molecule has 0 saturated carbocycles. The van der Waals surface area contributed by atoms with Crippen LogP contribution in [0.5, 0.6) is 0 Å². The third-order valence-electron chi connectivity index (χ3n) is 13.7. The van der Waals surface area contributed by atoms with Gasteiger partial charge in [-0.1, -0.05) is 126 Å². The monoisotopic (exact) mass is 770 g/mol. The predicted octanol–water partition coefficient (Wildman–Crippen LogP) is 12.6. The average molecular weight is 771 g/mol. The van der Waals surface area contributed by atoms with Gasteiger partial charge in [0.05, 0.1) is 11.1 Å². The van der Waals surface area contributed by atoms with E-state index in [2.05, 4.69) is 201 Å². The zero-order chi connectivity index (χ0) is 39.3. The number of para-hydroxylation sites is 1. The van der Waals surface area contributed by atoms with E-state index in [1.54, 1.807) is 0 Å². The normalized spacial score (nSPS) is 14.5. The van der Waals surface area contributed by atoms with Crippen molar-refractivity contribution in [3.63, 3.8) is 0 Å². The van der Waals surface area contributed by atoms with Crippen LogP contribution in [0.4, 0.5) is 34.1 Å². The summed E-state index contributed by atoms with van der Waals surface area (Å²) in [7, 11) is 0. The predicted molar refractivity (Wildman–Crippen MR) is 251 cm³/mol. The van der Waals surface area contributed by atoms with Crippen LogP contribution < -0.4 is 25.5 Å². The Labute approximate surface area is 349 Å². The van der Waals surface area contributed by atoms with Gasteiger partial charge in [0.15, 0.2) is 0 Å². The average Bonchev–Trinajstić information content (AvgIpc) is 3.87. The maximum absolute atomic E-state index is 2.60. The number of anilines is 6. The molecule has 4 aliphatic rings. The lowest BCUT2D eigenvalue weighted by atomic mass is 9.36. The molecule has 0 bridgehead atoms. The second kappa shape index (κ2) is 11.7. The molecule has 4 heteroatoms. The molecule has 278 valence electrons. The van der Waals surface area contributed by atoms with Gasteiger partial charge in [-0.3, -0.25) is 0 Å². The van der Waals surface area contributed by atoms with Crippen LogP contribution in [0.25, 0.3) is 32.3 Å². The SMILES string of the molecule is Cc1ccc(N2c3ccccc3B3c4sc5cc6c(cc5c4N(c4ccc(C)cc4)c4cc(C)cc2c43)-c2ccc(C)cc2C62c3ccccc3-c3ccccc32)cc1. The highest BCUT2D eigenvalue weighted by Crippen LogP contribution is 2.64. The fourth-order valence-corrected chi connectivity index (χ4v) is 12.6. The highest BCUT2D eigenvalue weighted by atomic mass is 32.1. The maximum Gasteiger partial charge on any atom is 0.264 e. The van der Waals surface area contributed by atoms with Crippen LogP contribution >= 0.6 is 11.3 Å². The first-order chi connectivity index (χ1) is 28.9. The molecule has 2 nitrogen and oxygen atoms in total. The number of thiophene rings is 1. The Kier molecular flexibility index (Phi) is 6.64. The van der Waals surface area contributed by atoms with Crippen LogP contribution in [0.1, 0.15) is 44.5 Å². The molecule has 2 aliphatic heterocycles. The van der Waals surface area contributed by atoms with Crippen LogP contribution in [-0.4, -0.2) is 6.71 Å². The highest BCUT2D eigenvalue weighted by molar-refractivity contribution is 7.33. The van der Waals surface area contributed by atoms with E-state index in [1.807, 2.05) is 11.3 Å². The topological polar surface area (TPSA) is 6.48 Å². The summed E-state index contributed by atoms with van der Waals surface area (Å²) in [5.74, 6) is 0. The van der Waals surface area contributed by atoms with Crippen LogP contribution in [0.2, 0.25) is 0 Å². The van der Waals surface area contributed by atoms with Gasteiger partial charge in [-0.05, 0) is 143 Å². The van der Waals surface area contributed by atoms with Gasteiger partial charge < -0.3 is 9.80 Å². The third kappa shape index (κ3) is 4.27. The number of aryl methyl sites for hydroxylation is 4. The van der Waals surface area contributed by atoms with E-state index in [0.717, 1.165) is 0 Å². The van der Waals surface area contributed by atoms with Gasteiger partial charge in [0.2, 0.25) is 0 Å². The minimum Gasteiger partial charge on any atom is -0.311 e. The van der Waals surface area contributed by atoms with Crippen molar-refractivity contribution in [2.24, 2.45) is 0 Å². The number of fused-ring (bicyclic) bond motifs is 16. The van der Waals surface area contributed by atoms with Crippen molar-refractivity contribution in [1.82, 2.24) is 0 Å². The van der Waals surface area contributed by atoms with E-state index < -0.39 is 5.41 Å². The smallest absolute Gasteiger partial charge is 0.264 e. The molecule has 1 spiro atoms. The second-order valence-corrected chi connectivity index (χ2v) is 18.2. The Balaban J connectivity index is 1.15. The van der Waals surface area contributed by atoms with E-state index in [-0.39, 0.29) is 6.71 Å². The van der Waals surface area contributed by atoms with Gasteiger partial charge in [-0.15, -0.1) is 11.3 Å². The molecule has 0 unspecified atom stereocenters. The molecular weight excluding hydrogens is 731 g/mol. The Morgan fingerprint density at radius 2 is 1.00 bits per heavy atom. The molecule has 2 aliphatic carbocycles. The summed E-state index contributed by atoms with van der Waals surface area (Å²) in [5.41, 5.74) is 25.8. The molecule has 59 heavy (non-hydrogen) atoms. The van der Waals surface area contributed by atoms with E-state index >= 15 is 0 Å². The van der Waals surface area contributed by atoms with Gasteiger partial charge in [0.1, 0.15) is 0 Å². The molecule has 8 aromatic carbocycles. The van der Waals surface area contributed by atoms with E-state index in [1.165, 1.54) is 127 Å². The molecule has 0 radical (unpaired) electrons. The van der Waals surface area contributed by atoms with Crippen molar-refractivity contribution in [3.8, 4) is 22.3 Å². The number of rotatable bonds is 2. The molecule has 9 aromatic rings. The van der Waals surface area contributed by atoms with Crippen LogP contribution in [0, 0.1) is 27.7 Å². The molecule has 3 heterocycles. The Morgan fingerprint density at radius 1 is 0.441 bits per heavy atom. The molecule has 13 rings (SSSR count). The first-order valence-corrected chi connectivity index (χ1v) is 21.6. The largest absolute Gasteiger partial charge is 0.311 e. The lowest BCUT2D eigenvalue weighted by Gasteiger charge is -2.43. The summed E-state index contributed by atoms with van der Waals surface area (Å²) >= 11 is 2.00. The van der Waals surface area contributed by atoms with Gasteiger partial charge in [-0.2, -0.15) is 0 Å². The summed E-state index contributed by atoms with van der Waals surface area (Å²) in [6.45, 7) is 8.94. The summed E-state index contributed by atoms with van der Waals surface area (Å²) < 4.78 is 2.74. The maximum atomic E-state index is 2.60. The zero-order valence-corrected chi connectivity index (χ0v) is 34.3. The van der Waals surface area contributed by atoms with Crippen molar-refractivity contribution in [2.75, 3.05) is 9.80 Å². The molecular formula is C55H39BN2S. The zero-order valence-electron chi connectivity index (χ0n) is 33.5. The minimum atomic E-state index is -0.390. The van der Waals surface area contributed by atoms with Crippen LogP contribution in [-0.2, 0) is 5.41 Å². The van der Waals surface area contributed by atoms with Crippen molar-refractivity contribution in [2.45, 2.75) is 33.1 Å². The van der Waals surface area contributed by atoms with Crippen molar-refractivity contribution in [1.29, 1.82) is 0 Å². The standard InChI is InChI=1S/C55H39BN2S/c1-32-17-22-36(23-18-32)57-48-16-10-9-15-47(48)56-52-49(57)28-35(4)29-50(52)58(37-24-19-33(2)20-25-37)53-42-30-41-40-26-21-34(3)27-45(40)55(46(41)31-51(42)59-54(53)56)43-13-7-5-11-38(43)39-12-6-8-14-44(39)55/h5-31H,1-4H3. The number of hydrogen-bond donors (Lipinski definition) is 0. The number of hydrogen-bond acceptors (Lipinski definition) is 3. The number of nitrogens with zero attached hydrogens (tertiary/aromatic N) is 2. The van der Waals surface area contributed by atoms with Gasteiger partial charge in [0.25, 0.3) is 6.71 Å². The van der Waals surface area contributed by atoms with E-state index in [4.69, 9.17) is 0 Å². The Bertz CT molecular complexity index is 3240. The third-order valence-corrected chi connectivity index (χ3v) is 14.9. The Hall–Kier alpha value is -6.62. The first kappa shape index (κ1) is 33.4. The molecule has 0 fully saturated rings. The summed E-state index contributed by atoms with van der Waals surface area (Å²) in [6.07, 6.45) is 0. The molecule has 0 saturated heterocycles. The van der Waals surface area contributed by atoms with Crippen LogP contribution in [0.15, 0.2) is 164 Å². The lowest BCUT2D eigenvalue weighted by molar-refractivity contribution is 0.794. The van der Waals surface area contributed by atoms with E-state index in [0.29, 0.717) is 0 Å². The van der Waals surface area contributed by atoms with Crippen molar-refractivity contribution >= 4 is 78.0 Å². The van der Waals surface area contributed by atoms with Crippen molar-refractivity contribution < 1.29 is 0 Å². The van der Waals surface area contributed by atoms with Gasteiger partial charge in [0, 0.05) is 43.3 Å². The molecule has 0 N–H and O–H groups in total. The quantitative estimate of drug-likeness (QED) is 0.162. The first-order valence-electron chi connectivity index (χ1n) is 20.8. The van der Waals surface area contributed by atoms with E-state index in [9.17, 15) is 0 Å². The second-order valence-electron chi connectivity index (χ2n) is 17.1. The number of benzene rings is 8. The summed E-state index contributed by atoms with van der Waals surface area (Å²) in [4.78, 5) is 5.11.